The van der Waals surface area contributed by atoms with Crippen LogP contribution in [0.3, 0.4) is 0 Å². The van der Waals surface area contributed by atoms with Gasteiger partial charge in [-0.15, -0.1) is 0 Å². The Bertz CT molecular complexity index is 1510. The summed E-state index contributed by atoms with van der Waals surface area (Å²) in [6.45, 7) is 4.65. The molecule has 5 rings (SSSR count). The van der Waals surface area contributed by atoms with E-state index in [0.717, 1.165) is 39.6 Å². The summed E-state index contributed by atoms with van der Waals surface area (Å²) < 4.78 is 0. The van der Waals surface area contributed by atoms with Crippen molar-refractivity contribution >= 4 is 34.2 Å². The van der Waals surface area contributed by atoms with Gasteiger partial charge in [-0.1, -0.05) is 85.8 Å². The van der Waals surface area contributed by atoms with Crippen LogP contribution in [-0.2, 0) is 22.6 Å². The Labute approximate surface area is 229 Å². The number of hydrogen-bond acceptors (Lipinski definition) is 3. The topological polar surface area (TPSA) is 69.7 Å². The minimum Gasteiger partial charge on any atom is -0.354 e. The Balaban J connectivity index is 1.51. The third kappa shape index (κ3) is 5.41. The fourth-order valence-corrected chi connectivity index (χ4v) is 5.25. The molecule has 6 heteroatoms. The van der Waals surface area contributed by atoms with Crippen LogP contribution in [0.15, 0.2) is 91.0 Å². The Kier molecular flexibility index (Phi) is 7.73. The van der Waals surface area contributed by atoms with Gasteiger partial charge in [-0.2, -0.15) is 0 Å². The molecule has 0 radical (unpaired) electrons. The van der Waals surface area contributed by atoms with E-state index in [4.69, 9.17) is 0 Å². The van der Waals surface area contributed by atoms with Gasteiger partial charge < -0.3 is 10.2 Å². The van der Waals surface area contributed by atoms with Crippen molar-refractivity contribution in [1.82, 2.24) is 10.2 Å². The van der Waals surface area contributed by atoms with Crippen LogP contribution in [0.25, 0.3) is 10.8 Å². The van der Waals surface area contributed by atoms with Crippen LogP contribution in [0.4, 0.5) is 5.69 Å². The van der Waals surface area contributed by atoms with Crippen molar-refractivity contribution in [1.29, 1.82) is 0 Å². The van der Waals surface area contributed by atoms with Crippen LogP contribution in [0.1, 0.15) is 40.4 Å². The normalized spacial score (nSPS) is 13.0. The number of nitrogens with one attached hydrogen (secondary N) is 1. The molecule has 1 atom stereocenters. The first-order valence-corrected chi connectivity index (χ1v) is 13.5. The zero-order chi connectivity index (χ0) is 27.4. The Morgan fingerprint density at radius 3 is 2.36 bits per heavy atom. The van der Waals surface area contributed by atoms with Gasteiger partial charge in [-0.05, 0) is 47.6 Å². The van der Waals surface area contributed by atoms with Crippen molar-refractivity contribution in [3.05, 3.63) is 113 Å². The number of aryl methyl sites for hydroxylation is 1. The highest BCUT2D eigenvalue weighted by atomic mass is 16.2. The lowest BCUT2D eigenvalue weighted by atomic mass is 10.0. The predicted molar refractivity (Wildman–Crippen MR) is 155 cm³/mol. The van der Waals surface area contributed by atoms with Crippen LogP contribution in [0.5, 0.6) is 0 Å². The Hall–Kier alpha value is -4.45. The molecule has 0 fully saturated rings. The molecule has 4 aromatic rings. The van der Waals surface area contributed by atoms with Crippen molar-refractivity contribution in [3.8, 4) is 0 Å². The highest BCUT2D eigenvalue weighted by Gasteiger charge is 2.35. The number of benzene rings is 4. The van der Waals surface area contributed by atoms with Crippen LogP contribution in [-0.4, -0.2) is 41.8 Å². The van der Waals surface area contributed by atoms with Crippen LogP contribution >= 0.6 is 0 Å². The molecular weight excluding hydrogens is 486 g/mol. The average Bonchev–Trinajstić information content (AvgIpc) is 3.23. The number of amides is 3. The van der Waals surface area contributed by atoms with Crippen LogP contribution in [0, 0.1) is 6.92 Å². The summed E-state index contributed by atoms with van der Waals surface area (Å²) in [7, 11) is 0. The van der Waals surface area contributed by atoms with Gasteiger partial charge in [0.15, 0.2) is 0 Å². The maximum Gasteiger partial charge on any atom is 0.259 e. The standard InChI is InChI=1S/C33H33N3O3/c1-3-19-34-32(38)29(20-24-12-5-4-6-13-24)35(21-26-14-8-7-11-23(26)2)30(37)22-36-28-18-10-16-25-15-9-17-27(31(25)28)33(36)39/h4-18,29H,3,19-22H2,1-2H3,(H,34,38)/t29-/m0/s1. The van der Waals surface area contributed by atoms with Gasteiger partial charge in [-0.3, -0.25) is 19.3 Å². The SMILES string of the molecule is CCCNC(=O)[C@H](Cc1ccccc1)N(Cc1ccccc1C)C(=O)CN1C(=O)c2cccc3cccc1c23. The van der Waals surface area contributed by atoms with Gasteiger partial charge in [0, 0.05) is 30.5 Å². The van der Waals surface area contributed by atoms with E-state index in [9.17, 15) is 14.4 Å². The van der Waals surface area contributed by atoms with E-state index in [1.165, 1.54) is 0 Å². The molecule has 0 aromatic heterocycles. The molecule has 4 aromatic carbocycles. The first kappa shape index (κ1) is 26.2. The summed E-state index contributed by atoms with van der Waals surface area (Å²) in [5.41, 5.74) is 4.30. The van der Waals surface area contributed by atoms with E-state index in [2.05, 4.69) is 5.32 Å². The van der Waals surface area contributed by atoms with Crippen LogP contribution in [0.2, 0.25) is 0 Å². The Morgan fingerprint density at radius 1 is 0.897 bits per heavy atom. The van der Waals surface area contributed by atoms with Gasteiger partial charge in [0.05, 0.1) is 5.69 Å². The number of anilines is 1. The number of hydrogen-bond donors (Lipinski definition) is 1. The molecule has 3 amide bonds. The van der Waals surface area contributed by atoms with Crippen LogP contribution < -0.4 is 10.2 Å². The molecule has 1 aliphatic rings. The zero-order valence-electron chi connectivity index (χ0n) is 22.4. The molecule has 0 bridgehead atoms. The minimum atomic E-state index is -0.734. The molecule has 198 valence electrons. The smallest absolute Gasteiger partial charge is 0.259 e. The summed E-state index contributed by atoms with van der Waals surface area (Å²) >= 11 is 0. The first-order valence-electron chi connectivity index (χ1n) is 13.5. The highest BCUT2D eigenvalue weighted by Crippen LogP contribution is 2.37. The molecular formula is C33H33N3O3. The van der Waals surface area contributed by atoms with Crippen molar-refractivity contribution in [3.63, 3.8) is 0 Å². The summed E-state index contributed by atoms with van der Waals surface area (Å²) in [5, 5.41) is 4.84. The number of carbonyl (C=O) groups is 3. The zero-order valence-corrected chi connectivity index (χ0v) is 22.4. The lowest BCUT2D eigenvalue weighted by Gasteiger charge is -2.33. The van der Waals surface area contributed by atoms with Gasteiger partial charge in [0.25, 0.3) is 5.91 Å². The molecule has 0 aliphatic carbocycles. The molecule has 1 N–H and O–H groups in total. The molecule has 6 nitrogen and oxygen atoms in total. The van der Waals surface area contributed by atoms with Gasteiger partial charge >= 0.3 is 0 Å². The summed E-state index contributed by atoms with van der Waals surface area (Å²) in [6.07, 6.45) is 1.16. The Morgan fingerprint density at radius 2 is 1.62 bits per heavy atom. The lowest BCUT2D eigenvalue weighted by Crippen LogP contribution is -2.53. The molecule has 39 heavy (non-hydrogen) atoms. The van der Waals surface area contributed by atoms with E-state index >= 15 is 0 Å². The fourth-order valence-electron chi connectivity index (χ4n) is 5.25. The van der Waals surface area contributed by atoms with E-state index in [-0.39, 0.29) is 30.8 Å². The number of carbonyl (C=O) groups excluding carboxylic acids is 3. The molecule has 0 unspecified atom stereocenters. The maximum atomic E-state index is 14.2. The second kappa shape index (κ2) is 11.5. The lowest BCUT2D eigenvalue weighted by molar-refractivity contribution is -0.140. The fraction of sp³-hybridized carbons (Fsp3) is 0.242. The second-order valence-corrected chi connectivity index (χ2v) is 10.0. The van der Waals surface area contributed by atoms with E-state index < -0.39 is 6.04 Å². The number of rotatable bonds is 10. The van der Waals surface area contributed by atoms with Crippen molar-refractivity contribution in [2.24, 2.45) is 0 Å². The average molecular weight is 520 g/mol. The molecule has 1 heterocycles. The van der Waals surface area contributed by atoms with Crippen molar-refractivity contribution in [2.45, 2.75) is 39.3 Å². The monoisotopic (exact) mass is 519 g/mol. The predicted octanol–water partition coefficient (Wildman–Crippen LogP) is 5.27. The maximum absolute atomic E-state index is 14.2. The van der Waals surface area contributed by atoms with Gasteiger partial charge in [0.1, 0.15) is 12.6 Å². The van der Waals surface area contributed by atoms with E-state index in [0.29, 0.717) is 18.5 Å². The first-order chi connectivity index (χ1) is 19.0. The summed E-state index contributed by atoms with van der Waals surface area (Å²) in [6, 6.07) is 28.3. The van der Waals surface area contributed by atoms with E-state index in [1.807, 2.05) is 98.8 Å². The third-order valence-electron chi connectivity index (χ3n) is 7.36. The molecule has 0 saturated carbocycles. The largest absolute Gasteiger partial charge is 0.354 e. The summed E-state index contributed by atoms with van der Waals surface area (Å²) in [4.78, 5) is 44.4. The third-order valence-corrected chi connectivity index (χ3v) is 7.36. The quantitative estimate of drug-likeness (QED) is 0.310. The minimum absolute atomic E-state index is 0.148. The second-order valence-electron chi connectivity index (χ2n) is 10.0. The molecule has 0 saturated heterocycles. The van der Waals surface area contributed by atoms with Gasteiger partial charge in [0.2, 0.25) is 11.8 Å². The summed E-state index contributed by atoms with van der Waals surface area (Å²) in [5.74, 6) is -0.661. The highest BCUT2D eigenvalue weighted by molar-refractivity contribution is 6.26. The number of nitrogens with zero attached hydrogens (tertiary/aromatic N) is 2. The molecule has 1 aliphatic heterocycles. The van der Waals surface area contributed by atoms with Gasteiger partial charge in [-0.25, -0.2) is 0 Å². The van der Waals surface area contributed by atoms with E-state index in [1.54, 1.807) is 15.9 Å². The van der Waals surface area contributed by atoms with Crippen molar-refractivity contribution in [2.75, 3.05) is 18.0 Å². The van der Waals surface area contributed by atoms with Crippen molar-refractivity contribution < 1.29 is 14.4 Å². The molecule has 0 spiro atoms.